The van der Waals surface area contributed by atoms with Crippen molar-refractivity contribution >= 4 is 50.6 Å². The number of nitrogens with one attached hydrogen (secondary N) is 1. The van der Waals surface area contributed by atoms with Gasteiger partial charge in [0.2, 0.25) is 5.55 Å². The predicted molar refractivity (Wildman–Crippen MR) is 109 cm³/mol. The van der Waals surface area contributed by atoms with Crippen LogP contribution in [0, 0.1) is 6.92 Å². The second kappa shape index (κ2) is 7.46. The zero-order valence-electron chi connectivity index (χ0n) is 14.6. The zero-order chi connectivity index (χ0) is 19.7. The van der Waals surface area contributed by atoms with Crippen molar-refractivity contribution in [2.75, 3.05) is 5.32 Å². The van der Waals surface area contributed by atoms with Crippen molar-refractivity contribution in [1.82, 2.24) is 4.98 Å². The summed E-state index contributed by atoms with van der Waals surface area (Å²) in [5, 5.41) is 16.0. The van der Waals surface area contributed by atoms with Crippen molar-refractivity contribution in [3.63, 3.8) is 0 Å². The second-order valence-corrected chi connectivity index (χ2v) is 7.33. The Kier molecular flexibility index (Phi) is 4.85. The third-order valence-electron chi connectivity index (χ3n) is 4.00. The number of nitrogens with zero attached hydrogens (tertiary/aromatic N) is 2. The minimum absolute atomic E-state index is 0.0597. The molecule has 8 heteroatoms. The molecule has 0 radical (unpaired) electrons. The molecule has 0 saturated heterocycles. The minimum atomic E-state index is -0.391. The summed E-state index contributed by atoms with van der Waals surface area (Å²) in [5.41, 5.74) is 2.23. The van der Waals surface area contributed by atoms with Gasteiger partial charge in [-0.25, -0.2) is 9.98 Å². The Bertz CT molecular complexity index is 1250. The van der Waals surface area contributed by atoms with Gasteiger partial charge in [0.05, 0.1) is 5.69 Å². The Morgan fingerprint density at radius 1 is 1.25 bits per heavy atom. The largest absolute Gasteiger partial charge is 0.508 e. The van der Waals surface area contributed by atoms with Gasteiger partial charge in [-0.2, -0.15) is 0 Å². The molecule has 2 aromatic carbocycles. The molecule has 140 valence electrons. The Balaban J connectivity index is 1.89. The maximum Gasteiger partial charge on any atom is 0.262 e. The van der Waals surface area contributed by atoms with E-state index in [4.69, 9.17) is 16.0 Å². The molecule has 1 amide bonds. The van der Waals surface area contributed by atoms with Gasteiger partial charge < -0.3 is 9.52 Å². The molecule has 0 saturated carbocycles. The van der Waals surface area contributed by atoms with Crippen LogP contribution in [0.3, 0.4) is 0 Å². The third kappa shape index (κ3) is 3.76. The van der Waals surface area contributed by atoms with E-state index in [0.717, 1.165) is 5.56 Å². The highest BCUT2D eigenvalue weighted by molar-refractivity contribution is 7.13. The number of fused-ring (bicyclic) bond motifs is 1. The van der Waals surface area contributed by atoms with Gasteiger partial charge in [-0.05, 0) is 48.9 Å². The molecule has 4 rings (SSSR count). The highest BCUT2D eigenvalue weighted by Crippen LogP contribution is 2.23. The lowest BCUT2D eigenvalue weighted by atomic mass is 10.1. The molecule has 0 aliphatic carbocycles. The number of aromatic nitrogens is 1. The van der Waals surface area contributed by atoms with Crippen LogP contribution < -0.4 is 10.9 Å². The normalized spacial score (nSPS) is 11.7. The summed E-state index contributed by atoms with van der Waals surface area (Å²) >= 11 is 7.39. The lowest BCUT2D eigenvalue weighted by Gasteiger charge is -2.06. The first-order chi connectivity index (χ1) is 13.5. The fourth-order valence-electron chi connectivity index (χ4n) is 2.62. The molecule has 0 atom stereocenters. The summed E-state index contributed by atoms with van der Waals surface area (Å²) in [7, 11) is 0. The van der Waals surface area contributed by atoms with E-state index >= 15 is 0 Å². The van der Waals surface area contributed by atoms with Crippen LogP contribution in [0.2, 0.25) is 5.02 Å². The number of carbonyl (C=O) groups excluding carboxylic acids is 1. The zero-order valence-corrected chi connectivity index (χ0v) is 16.2. The van der Waals surface area contributed by atoms with Crippen LogP contribution in [0.25, 0.3) is 11.0 Å². The van der Waals surface area contributed by atoms with Gasteiger partial charge in [-0.3, -0.25) is 10.1 Å². The Morgan fingerprint density at radius 2 is 2.11 bits per heavy atom. The number of thiazole rings is 1. The van der Waals surface area contributed by atoms with E-state index in [9.17, 15) is 9.90 Å². The van der Waals surface area contributed by atoms with Crippen molar-refractivity contribution in [2.45, 2.75) is 6.92 Å². The Labute approximate surface area is 168 Å². The third-order valence-corrected chi connectivity index (χ3v) is 5.12. The minimum Gasteiger partial charge on any atom is -0.508 e. The second-order valence-electron chi connectivity index (χ2n) is 6.02. The van der Waals surface area contributed by atoms with Crippen LogP contribution in [0.4, 0.5) is 10.8 Å². The highest BCUT2D eigenvalue weighted by atomic mass is 35.5. The highest BCUT2D eigenvalue weighted by Gasteiger charge is 2.14. The van der Waals surface area contributed by atoms with E-state index < -0.39 is 5.91 Å². The summed E-state index contributed by atoms with van der Waals surface area (Å²) in [6.07, 6.45) is 1.61. The lowest BCUT2D eigenvalue weighted by Crippen LogP contribution is -2.21. The summed E-state index contributed by atoms with van der Waals surface area (Å²) in [4.78, 5) is 21.4. The standard InChI is InChI=1S/C20H14ClN3O3S/c1-11-8-13(3-5-16(11)21)23-19-15(18(26)24-20-22-6-7-28-20)9-12-2-4-14(25)10-17(12)27-19/h2-10,25H,1H3,(H,22,24,26). The number of aromatic hydroxyl groups is 1. The van der Waals surface area contributed by atoms with Gasteiger partial charge in [0, 0.05) is 28.1 Å². The van der Waals surface area contributed by atoms with Gasteiger partial charge in [0.15, 0.2) is 5.13 Å². The number of anilines is 1. The van der Waals surface area contributed by atoms with Crippen molar-refractivity contribution in [3.8, 4) is 5.75 Å². The average Bonchev–Trinajstić information content (AvgIpc) is 3.17. The molecule has 0 bridgehead atoms. The SMILES string of the molecule is Cc1cc(N=c2oc3cc(O)ccc3cc2C(=O)Nc2nccs2)ccc1Cl. The summed E-state index contributed by atoms with van der Waals surface area (Å²) in [6, 6.07) is 11.6. The number of phenolic OH excluding ortho intramolecular Hbond substituents is 1. The van der Waals surface area contributed by atoms with Crippen molar-refractivity contribution in [1.29, 1.82) is 0 Å². The molecule has 0 fully saturated rings. The maximum absolute atomic E-state index is 12.8. The number of hydrogen-bond acceptors (Lipinski definition) is 6. The number of hydrogen-bond donors (Lipinski definition) is 2. The molecule has 2 N–H and O–H groups in total. The van der Waals surface area contributed by atoms with Crippen LogP contribution >= 0.6 is 22.9 Å². The summed E-state index contributed by atoms with van der Waals surface area (Å²) in [6.45, 7) is 1.87. The van der Waals surface area contributed by atoms with Gasteiger partial charge in [-0.15, -0.1) is 11.3 Å². The first kappa shape index (κ1) is 18.2. The van der Waals surface area contributed by atoms with Gasteiger partial charge >= 0.3 is 0 Å². The molecular weight excluding hydrogens is 398 g/mol. The van der Waals surface area contributed by atoms with Crippen LogP contribution in [-0.2, 0) is 0 Å². The van der Waals surface area contributed by atoms with E-state index in [2.05, 4.69) is 15.3 Å². The van der Waals surface area contributed by atoms with Crippen molar-refractivity contribution in [3.05, 3.63) is 75.7 Å². The number of benzene rings is 2. The topological polar surface area (TPSA) is 87.7 Å². The van der Waals surface area contributed by atoms with E-state index in [1.165, 1.54) is 23.5 Å². The van der Waals surface area contributed by atoms with E-state index in [0.29, 0.717) is 26.8 Å². The number of halogens is 1. The average molecular weight is 412 g/mol. The first-order valence-corrected chi connectivity index (χ1v) is 9.54. The van der Waals surface area contributed by atoms with Crippen LogP contribution in [0.15, 0.2) is 63.5 Å². The van der Waals surface area contributed by atoms with E-state index in [1.54, 1.807) is 41.9 Å². The number of phenols is 1. The van der Waals surface area contributed by atoms with Crippen LogP contribution in [0.1, 0.15) is 15.9 Å². The van der Waals surface area contributed by atoms with Crippen LogP contribution in [0.5, 0.6) is 5.75 Å². The fourth-order valence-corrected chi connectivity index (χ4v) is 3.26. The fraction of sp³-hybridized carbons (Fsp3) is 0.0500. The van der Waals surface area contributed by atoms with Gasteiger partial charge in [0.25, 0.3) is 5.91 Å². The van der Waals surface area contributed by atoms with Crippen molar-refractivity contribution in [2.24, 2.45) is 4.99 Å². The van der Waals surface area contributed by atoms with Gasteiger partial charge in [0.1, 0.15) is 16.9 Å². The summed E-state index contributed by atoms with van der Waals surface area (Å²) in [5.74, 6) is -0.331. The predicted octanol–water partition coefficient (Wildman–Crippen LogP) is 5.04. The quantitative estimate of drug-likeness (QED) is 0.494. The van der Waals surface area contributed by atoms with Crippen molar-refractivity contribution < 1.29 is 14.3 Å². The molecule has 6 nitrogen and oxygen atoms in total. The molecule has 2 heterocycles. The number of amides is 1. The number of aryl methyl sites for hydroxylation is 1. The smallest absolute Gasteiger partial charge is 0.262 e. The summed E-state index contributed by atoms with van der Waals surface area (Å²) < 4.78 is 5.85. The van der Waals surface area contributed by atoms with E-state index in [1.807, 2.05) is 6.92 Å². The Morgan fingerprint density at radius 3 is 2.86 bits per heavy atom. The molecule has 2 aromatic heterocycles. The first-order valence-electron chi connectivity index (χ1n) is 8.28. The molecule has 0 unspecified atom stereocenters. The molecule has 0 spiro atoms. The molecule has 28 heavy (non-hydrogen) atoms. The monoisotopic (exact) mass is 411 g/mol. The molecule has 0 aliphatic heterocycles. The van der Waals surface area contributed by atoms with Crippen LogP contribution in [-0.4, -0.2) is 16.0 Å². The molecule has 0 aliphatic rings. The molecular formula is C20H14ClN3O3S. The van der Waals surface area contributed by atoms with E-state index in [-0.39, 0.29) is 16.9 Å². The Hall–Kier alpha value is -3.16. The number of carbonyl (C=O) groups is 1. The number of rotatable bonds is 3. The maximum atomic E-state index is 12.8. The lowest BCUT2D eigenvalue weighted by molar-refractivity contribution is 0.102. The molecule has 4 aromatic rings. The van der Waals surface area contributed by atoms with Gasteiger partial charge in [-0.1, -0.05) is 11.6 Å².